The number of amides is 2. The van der Waals surface area contributed by atoms with Crippen LogP contribution in [0.3, 0.4) is 0 Å². The lowest BCUT2D eigenvalue weighted by Gasteiger charge is -2.29. The van der Waals surface area contributed by atoms with Crippen molar-refractivity contribution in [2.24, 2.45) is 0 Å². The van der Waals surface area contributed by atoms with Crippen LogP contribution in [0.5, 0.6) is 5.75 Å². The van der Waals surface area contributed by atoms with Gasteiger partial charge in [-0.25, -0.2) is 14.6 Å². The van der Waals surface area contributed by atoms with E-state index in [0.29, 0.717) is 22.0 Å². The Labute approximate surface area is 214 Å². The maximum Gasteiger partial charge on any atom is 0.424 e. The monoisotopic (exact) mass is 521 g/mol. The van der Waals surface area contributed by atoms with E-state index in [-0.39, 0.29) is 17.3 Å². The number of aromatic nitrogens is 2. The minimum Gasteiger partial charge on any atom is -0.485 e. The number of fused-ring (bicyclic) bond motifs is 1. The number of hydrogen-bond donors (Lipinski definition) is 0. The Hall–Kier alpha value is -2.97. The molecule has 0 radical (unpaired) electrons. The van der Waals surface area contributed by atoms with Crippen LogP contribution in [0.25, 0.3) is 5.65 Å². The molecular weight excluding hydrogens is 493 g/mol. The number of benzene rings is 1. The van der Waals surface area contributed by atoms with Gasteiger partial charge in [0.15, 0.2) is 11.4 Å². The third kappa shape index (κ3) is 6.58. The number of imide groups is 1. The molecule has 10 heteroatoms. The molecule has 35 heavy (non-hydrogen) atoms. The summed E-state index contributed by atoms with van der Waals surface area (Å²) >= 11 is 13.1. The Morgan fingerprint density at radius 2 is 1.60 bits per heavy atom. The maximum absolute atomic E-state index is 13.0. The van der Waals surface area contributed by atoms with Gasteiger partial charge in [-0.1, -0.05) is 23.2 Å². The number of anilines is 1. The predicted molar refractivity (Wildman–Crippen MR) is 136 cm³/mol. The van der Waals surface area contributed by atoms with Crippen LogP contribution >= 0.6 is 23.2 Å². The van der Waals surface area contributed by atoms with E-state index in [0.717, 1.165) is 10.6 Å². The van der Waals surface area contributed by atoms with Crippen molar-refractivity contribution < 1.29 is 23.8 Å². The number of rotatable bonds is 4. The van der Waals surface area contributed by atoms with Gasteiger partial charge in [-0.3, -0.25) is 0 Å². The number of ether oxygens (including phenoxy) is 3. The largest absolute Gasteiger partial charge is 0.485 e. The lowest BCUT2D eigenvalue weighted by atomic mass is 10.2. The molecule has 0 N–H and O–H groups in total. The van der Waals surface area contributed by atoms with E-state index in [9.17, 15) is 9.59 Å². The smallest absolute Gasteiger partial charge is 0.424 e. The van der Waals surface area contributed by atoms with Gasteiger partial charge in [-0.15, -0.1) is 0 Å². The summed E-state index contributed by atoms with van der Waals surface area (Å²) in [5.74, 6) is 0.522. The molecular formula is C25H29Cl2N3O5. The topological polar surface area (TPSA) is 82.4 Å². The highest BCUT2D eigenvalue weighted by Gasteiger charge is 2.34. The van der Waals surface area contributed by atoms with Gasteiger partial charge in [0.25, 0.3) is 0 Å². The van der Waals surface area contributed by atoms with Crippen molar-refractivity contribution in [2.45, 2.75) is 66.3 Å². The molecule has 2 amide bonds. The first-order chi connectivity index (χ1) is 16.2. The summed E-state index contributed by atoms with van der Waals surface area (Å²) < 4.78 is 18.7. The van der Waals surface area contributed by atoms with E-state index in [1.165, 1.54) is 12.1 Å². The molecule has 0 aliphatic carbocycles. The molecule has 0 unspecified atom stereocenters. The summed E-state index contributed by atoms with van der Waals surface area (Å²) in [7, 11) is 0. The van der Waals surface area contributed by atoms with Crippen molar-refractivity contribution in [3.8, 4) is 5.75 Å². The second kappa shape index (κ2) is 9.95. The number of halogens is 2. The molecule has 0 aliphatic heterocycles. The quantitative estimate of drug-likeness (QED) is 0.360. The van der Waals surface area contributed by atoms with Gasteiger partial charge >= 0.3 is 12.2 Å². The standard InChI is InChI=1S/C25H29Cl2N3O5/c1-15-13-29-12-8-9-19(21(29)28-15)33-14-16-17(26)10-11-18(20(16)27)30(22(31)34-24(2,3)4)23(32)35-25(5,6)7/h8-13H,14H2,1-7H3. The molecule has 0 fully saturated rings. The van der Waals surface area contributed by atoms with E-state index < -0.39 is 23.4 Å². The molecule has 0 spiro atoms. The van der Waals surface area contributed by atoms with E-state index in [1.54, 1.807) is 47.6 Å². The lowest BCUT2D eigenvalue weighted by molar-refractivity contribution is 0.0430. The molecule has 0 saturated carbocycles. The first-order valence-corrected chi connectivity index (χ1v) is 11.7. The lowest BCUT2D eigenvalue weighted by Crippen LogP contribution is -2.44. The Bertz CT molecular complexity index is 1230. The second-order valence-corrected chi connectivity index (χ2v) is 10.7. The van der Waals surface area contributed by atoms with Crippen LogP contribution in [0.4, 0.5) is 15.3 Å². The van der Waals surface area contributed by atoms with E-state index >= 15 is 0 Å². The third-order valence-electron chi connectivity index (χ3n) is 4.50. The third-order valence-corrected chi connectivity index (χ3v) is 5.27. The minimum absolute atomic E-state index is 0.0342. The van der Waals surface area contributed by atoms with Crippen LogP contribution in [-0.2, 0) is 16.1 Å². The summed E-state index contributed by atoms with van der Waals surface area (Å²) in [6.07, 6.45) is 1.88. The van der Waals surface area contributed by atoms with Gasteiger partial charge in [-0.2, -0.15) is 4.90 Å². The molecule has 2 heterocycles. The molecule has 3 rings (SSSR count). The van der Waals surface area contributed by atoms with Crippen molar-refractivity contribution in [3.05, 3.63) is 58.0 Å². The normalized spacial score (nSPS) is 11.9. The Balaban J connectivity index is 1.99. The SMILES string of the molecule is Cc1cn2cccc(OCc3c(Cl)ccc(N(C(=O)OC(C)(C)C)C(=O)OC(C)(C)C)c3Cl)c2n1. The van der Waals surface area contributed by atoms with Crippen molar-refractivity contribution in [1.82, 2.24) is 9.38 Å². The summed E-state index contributed by atoms with van der Waals surface area (Å²) in [5.41, 5.74) is 0.204. The van der Waals surface area contributed by atoms with Crippen LogP contribution in [0.15, 0.2) is 36.7 Å². The Morgan fingerprint density at radius 3 is 2.17 bits per heavy atom. The van der Waals surface area contributed by atoms with Crippen LogP contribution in [-0.4, -0.2) is 32.8 Å². The number of aryl methyl sites for hydroxylation is 1. The van der Waals surface area contributed by atoms with Crippen molar-refractivity contribution in [3.63, 3.8) is 0 Å². The Kier molecular flexibility index (Phi) is 7.57. The molecule has 0 aliphatic rings. The summed E-state index contributed by atoms with van der Waals surface area (Å²) in [4.78, 5) is 31.3. The average molecular weight is 522 g/mol. The summed E-state index contributed by atoms with van der Waals surface area (Å²) in [6, 6.07) is 6.60. The fourth-order valence-electron chi connectivity index (χ4n) is 3.15. The van der Waals surface area contributed by atoms with E-state index in [4.69, 9.17) is 37.4 Å². The minimum atomic E-state index is -0.930. The molecule has 188 valence electrons. The molecule has 3 aromatic rings. The zero-order chi connectivity index (χ0) is 26.1. The molecule has 1 aromatic carbocycles. The Morgan fingerprint density at radius 1 is 1.00 bits per heavy atom. The first kappa shape index (κ1) is 26.6. The highest BCUT2D eigenvalue weighted by molar-refractivity contribution is 6.38. The van der Waals surface area contributed by atoms with Gasteiger partial charge in [0.2, 0.25) is 0 Å². The number of hydrogen-bond acceptors (Lipinski definition) is 6. The number of carbonyl (C=O) groups is 2. The van der Waals surface area contributed by atoms with Crippen LogP contribution in [0.1, 0.15) is 52.8 Å². The second-order valence-electron chi connectivity index (χ2n) is 9.93. The van der Waals surface area contributed by atoms with Crippen LogP contribution in [0, 0.1) is 6.92 Å². The maximum atomic E-state index is 13.0. The molecule has 2 aromatic heterocycles. The zero-order valence-corrected chi connectivity index (χ0v) is 22.3. The van der Waals surface area contributed by atoms with E-state index in [1.807, 2.05) is 29.8 Å². The van der Waals surface area contributed by atoms with Crippen molar-refractivity contribution in [1.29, 1.82) is 0 Å². The van der Waals surface area contributed by atoms with Crippen molar-refractivity contribution >= 4 is 46.7 Å². The number of imidazole rings is 1. The highest BCUT2D eigenvalue weighted by atomic mass is 35.5. The van der Waals surface area contributed by atoms with Crippen LogP contribution in [0.2, 0.25) is 10.0 Å². The number of carbonyl (C=O) groups excluding carboxylic acids is 2. The summed E-state index contributed by atoms with van der Waals surface area (Å²) in [6.45, 7) is 12.0. The molecule has 0 saturated heterocycles. The first-order valence-electron chi connectivity index (χ1n) is 11.0. The highest BCUT2D eigenvalue weighted by Crippen LogP contribution is 2.36. The van der Waals surface area contributed by atoms with E-state index in [2.05, 4.69) is 4.98 Å². The van der Waals surface area contributed by atoms with Gasteiger partial charge < -0.3 is 18.6 Å². The van der Waals surface area contributed by atoms with Gasteiger partial charge in [-0.05, 0) is 72.7 Å². The average Bonchev–Trinajstić information content (AvgIpc) is 3.08. The number of nitrogens with zero attached hydrogens (tertiary/aromatic N) is 3. The van der Waals surface area contributed by atoms with Gasteiger partial charge in [0.05, 0.1) is 16.4 Å². The predicted octanol–water partition coefficient (Wildman–Crippen LogP) is 7.21. The summed E-state index contributed by atoms with van der Waals surface area (Å²) in [5, 5.41) is 0.360. The number of pyridine rings is 1. The fourth-order valence-corrected chi connectivity index (χ4v) is 3.71. The van der Waals surface area contributed by atoms with Crippen molar-refractivity contribution in [2.75, 3.05) is 4.90 Å². The zero-order valence-electron chi connectivity index (χ0n) is 20.8. The van der Waals surface area contributed by atoms with Crippen LogP contribution < -0.4 is 9.64 Å². The van der Waals surface area contributed by atoms with Gasteiger partial charge in [0.1, 0.15) is 17.8 Å². The van der Waals surface area contributed by atoms with Gasteiger partial charge in [0, 0.05) is 23.0 Å². The molecule has 0 atom stereocenters. The molecule has 8 nitrogen and oxygen atoms in total. The molecule has 0 bridgehead atoms. The fraction of sp³-hybridized carbons (Fsp3) is 0.400.